The first-order chi connectivity index (χ1) is 18.1. The lowest BCUT2D eigenvalue weighted by Crippen LogP contribution is -2.46. The van der Waals surface area contributed by atoms with Crippen LogP contribution in [0.1, 0.15) is 12.5 Å². The lowest BCUT2D eigenvalue weighted by molar-refractivity contribution is -0.142. The van der Waals surface area contributed by atoms with Crippen LogP contribution in [0.5, 0.6) is 17.2 Å². The number of aromatic nitrogens is 3. The normalized spacial score (nSPS) is 14.0. The Kier molecular flexibility index (Phi) is 7.05. The Balaban J connectivity index is 1.41. The number of ether oxygens (including phenoxy) is 3. The quantitative estimate of drug-likeness (QED) is 0.403. The van der Waals surface area contributed by atoms with Gasteiger partial charge in [-0.2, -0.15) is 5.26 Å². The third-order valence-electron chi connectivity index (χ3n) is 5.82. The third kappa shape index (κ3) is 5.42. The lowest BCUT2D eigenvalue weighted by Gasteiger charge is -2.29. The van der Waals surface area contributed by atoms with Gasteiger partial charge in [0.05, 0.1) is 35.9 Å². The van der Waals surface area contributed by atoms with Crippen molar-refractivity contribution in [2.24, 2.45) is 0 Å². The average molecular weight is 497 g/mol. The number of nitrogens with one attached hydrogen (secondary N) is 1. The Labute approximate surface area is 213 Å². The van der Waals surface area contributed by atoms with Gasteiger partial charge in [0.2, 0.25) is 0 Å². The maximum Gasteiger partial charge on any atom is 0.263 e. The van der Waals surface area contributed by atoms with Crippen LogP contribution < -0.4 is 14.8 Å². The average Bonchev–Trinajstić information content (AvgIpc) is 2.94. The maximum absolute atomic E-state index is 12.9. The molecule has 5 rings (SSSR count). The monoisotopic (exact) mass is 496 g/mol. The highest BCUT2D eigenvalue weighted by Crippen LogP contribution is 2.34. The summed E-state index contributed by atoms with van der Waals surface area (Å²) >= 11 is 0. The van der Waals surface area contributed by atoms with Crippen LogP contribution in [0.15, 0.2) is 67.3 Å². The van der Waals surface area contributed by atoms with Gasteiger partial charge in [-0.1, -0.05) is 6.07 Å². The fourth-order valence-electron chi connectivity index (χ4n) is 4.01. The predicted octanol–water partition coefficient (Wildman–Crippen LogP) is 4.06. The predicted molar refractivity (Wildman–Crippen MR) is 136 cm³/mol. The van der Waals surface area contributed by atoms with Gasteiger partial charge < -0.3 is 24.4 Å². The van der Waals surface area contributed by atoms with Crippen LogP contribution in [0, 0.1) is 11.3 Å². The molecule has 0 aliphatic carbocycles. The topological polar surface area (TPSA) is 122 Å². The summed E-state index contributed by atoms with van der Waals surface area (Å²) < 4.78 is 17.3. The number of carbonyl (C=O) groups excluding carboxylic acids is 1. The van der Waals surface area contributed by atoms with Crippen LogP contribution in [0.4, 0.5) is 11.5 Å². The zero-order chi connectivity index (χ0) is 25.6. The number of hydrogen-bond acceptors (Lipinski definition) is 9. The molecule has 1 amide bonds. The Morgan fingerprint density at radius 2 is 2.00 bits per heavy atom. The molecule has 0 bridgehead atoms. The first-order valence-corrected chi connectivity index (χ1v) is 11.8. The molecule has 0 radical (unpaired) electrons. The molecule has 2 aromatic heterocycles. The van der Waals surface area contributed by atoms with Crippen molar-refractivity contribution < 1.29 is 19.0 Å². The number of amides is 1. The highest BCUT2D eigenvalue weighted by molar-refractivity contribution is 5.96. The van der Waals surface area contributed by atoms with E-state index in [9.17, 15) is 10.1 Å². The van der Waals surface area contributed by atoms with Gasteiger partial charge in [0.1, 0.15) is 35.5 Å². The summed E-state index contributed by atoms with van der Waals surface area (Å²) in [5.41, 5.74) is 1.62. The Morgan fingerprint density at radius 1 is 1.14 bits per heavy atom. The highest BCUT2D eigenvalue weighted by Gasteiger charge is 2.25. The fourth-order valence-corrected chi connectivity index (χ4v) is 4.01. The SMILES string of the molecule is C[C@@H](Oc1cccc2ncnc(Nc3ccc(Oc4cccnc4)c(C#N)c3)c12)C(=O)N1CCOCC1. The molecular formula is C27H24N6O4. The van der Waals surface area contributed by atoms with Crippen molar-refractivity contribution in [2.75, 3.05) is 31.6 Å². The van der Waals surface area contributed by atoms with Crippen molar-refractivity contribution in [2.45, 2.75) is 13.0 Å². The zero-order valence-electron chi connectivity index (χ0n) is 20.1. The number of pyridine rings is 1. The summed E-state index contributed by atoms with van der Waals surface area (Å²) in [7, 11) is 0. The standard InChI is InChI=1S/C27H24N6O4/c1-18(27(34)33-10-12-35-13-11-33)36-24-6-2-5-22-25(24)26(31-17-30-22)32-20-7-8-23(19(14-20)15-28)37-21-4-3-9-29-16-21/h2-9,14,16-18H,10-13H2,1H3,(H,30,31,32)/t18-/m1/s1. The van der Waals surface area contributed by atoms with Crippen LogP contribution in [0.2, 0.25) is 0 Å². The summed E-state index contributed by atoms with van der Waals surface area (Å²) in [6.07, 6.45) is 3.97. The fraction of sp³-hybridized carbons (Fsp3) is 0.222. The first kappa shape index (κ1) is 24.0. The van der Waals surface area contributed by atoms with Gasteiger partial charge in [0.15, 0.2) is 6.10 Å². The third-order valence-corrected chi connectivity index (χ3v) is 5.82. The molecule has 0 unspecified atom stereocenters. The van der Waals surface area contributed by atoms with Crippen LogP contribution >= 0.6 is 0 Å². The lowest BCUT2D eigenvalue weighted by atomic mass is 10.1. The van der Waals surface area contributed by atoms with Crippen LogP contribution in [-0.4, -0.2) is 58.2 Å². The number of anilines is 2. The van der Waals surface area contributed by atoms with Crippen molar-refractivity contribution in [3.63, 3.8) is 0 Å². The van der Waals surface area contributed by atoms with Gasteiger partial charge in [-0.15, -0.1) is 0 Å². The Bertz CT molecular complexity index is 1450. The van der Waals surface area contributed by atoms with E-state index in [2.05, 4.69) is 26.3 Å². The van der Waals surface area contributed by atoms with E-state index in [-0.39, 0.29) is 5.91 Å². The smallest absolute Gasteiger partial charge is 0.263 e. The van der Waals surface area contributed by atoms with Crippen LogP contribution in [0.3, 0.4) is 0 Å². The minimum Gasteiger partial charge on any atom is -0.480 e. The van der Waals surface area contributed by atoms with Crippen LogP contribution in [-0.2, 0) is 9.53 Å². The summed E-state index contributed by atoms with van der Waals surface area (Å²) in [6.45, 7) is 3.85. The zero-order valence-corrected chi connectivity index (χ0v) is 20.1. The van der Waals surface area contributed by atoms with E-state index in [1.54, 1.807) is 60.6 Å². The molecule has 0 saturated carbocycles. The largest absolute Gasteiger partial charge is 0.480 e. The number of rotatable bonds is 7. The van der Waals surface area contributed by atoms with Crippen molar-refractivity contribution in [1.29, 1.82) is 5.26 Å². The van der Waals surface area contributed by atoms with Gasteiger partial charge >= 0.3 is 0 Å². The highest BCUT2D eigenvalue weighted by atomic mass is 16.5. The Morgan fingerprint density at radius 3 is 2.78 bits per heavy atom. The molecule has 1 fully saturated rings. The molecule has 0 spiro atoms. The van der Waals surface area contributed by atoms with Gasteiger partial charge in [0.25, 0.3) is 5.91 Å². The minimum absolute atomic E-state index is 0.102. The molecule has 3 heterocycles. The van der Waals surface area contributed by atoms with Crippen molar-refractivity contribution >= 4 is 28.3 Å². The van der Waals surface area contributed by atoms with Gasteiger partial charge in [0, 0.05) is 25.0 Å². The molecule has 2 aromatic carbocycles. The van der Waals surface area contributed by atoms with Crippen LogP contribution in [0.25, 0.3) is 10.9 Å². The Hall–Kier alpha value is -4.75. The maximum atomic E-state index is 12.9. The van der Waals surface area contributed by atoms with E-state index in [0.717, 1.165) is 0 Å². The molecule has 1 aliphatic rings. The van der Waals surface area contributed by atoms with Gasteiger partial charge in [-0.3, -0.25) is 9.78 Å². The second kappa shape index (κ2) is 10.9. The van der Waals surface area contributed by atoms with Crippen molar-refractivity contribution in [3.05, 3.63) is 72.8 Å². The molecule has 186 valence electrons. The summed E-state index contributed by atoms with van der Waals surface area (Å²) in [6, 6.07) is 16.3. The van der Waals surface area contributed by atoms with E-state index >= 15 is 0 Å². The molecule has 4 aromatic rings. The molecule has 1 aliphatic heterocycles. The molecule has 10 nitrogen and oxygen atoms in total. The van der Waals surface area contributed by atoms with E-state index < -0.39 is 6.10 Å². The molecule has 1 saturated heterocycles. The number of carbonyl (C=O) groups is 1. The number of hydrogen-bond donors (Lipinski definition) is 1. The van der Waals surface area contributed by atoms with Crippen molar-refractivity contribution in [1.82, 2.24) is 19.9 Å². The van der Waals surface area contributed by atoms with Gasteiger partial charge in [-0.05, 0) is 49.4 Å². The molecular weight excluding hydrogens is 472 g/mol. The second-order valence-corrected chi connectivity index (χ2v) is 8.31. The molecule has 1 atom stereocenters. The number of nitriles is 1. The van der Waals surface area contributed by atoms with E-state index in [1.165, 1.54) is 6.33 Å². The number of morpholine rings is 1. The summed E-state index contributed by atoms with van der Waals surface area (Å²) in [4.78, 5) is 27.4. The minimum atomic E-state index is -0.703. The summed E-state index contributed by atoms with van der Waals surface area (Å²) in [5.74, 6) is 1.80. The summed E-state index contributed by atoms with van der Waals surface area (Å²) in [5, 5.41) is 13.6. The molecule has 10 heteroatoms. The van der Waals surface area contributed by atoms with E-state index in [4.69, 9.17) is 14.2 Å². The molecule has 37 heavy (non-hydrogen) atoms. The second-order valence-electron chi connectivity index (χ2n) is 8.31. The van der Waals surface area contributed by atoms with E-state index in [0.29, 0.717) is 71.5 Å². The number of benzene rings is 2. The van der Waals surface area contributed by atoms with Crippen molar-refractivity contribution in [3.8, 4) is 23.3 Å². The van der Waals surface area contributed by atoms with Gasteiger partial charge in [-0.25, -0.2) is 9.97 Å². The number of nitrogens with zero attached hydrogens (tertiary/aromatic N) is 5. The molecule has 1 N–H and O–H groups in total. The first-order valence-electron chi connectivity index (χ1n) is 11.8. The van der Waals surface area contributed by atoms with E-state index in [1.807, 2.05) is 12.1 Å². The number of fused-ring (bicyclic) bond motifs is 1.